The lowest BCUT2D eigenvalue weighted by molar-refractivity contribution is 0.202. The molecule has 2 aromatic heterocycles. The van der Waals surface area contributed by atoms with E-state index >= 15 is 0 Å². The fourth-order valence-corrected chi connectivity index (χ4v) is 3.41. The van der Waals surface area contributed by atoms with Gasteiger partial charge in [0, 0.05) is 18.2 Å². The highest BCUT2D eigenvalue weighted by molar-refractivity contribution is 5.63. The molecule has 6 nitrogen and oxygen atoms in total. The number of aromatic hydroxyl groups is 1. The van der Waals surface area contributed by atoms with Crippen LogP contribution < -0.4 is 4.74 Å². The Labute approximate surface area is 153 Å². The molecule has 4 rings (SSSR count). The average molecular weight is 352 g/mol. The second-order valence-corrected chi connectivity index (χ2v) is 6.74. The molecule has 26 heavy (non-hydrogen) atoms. The first-order chi connectivity index (χ1) is 12.8. The number of fused-ring (bicyclic) bond motifs is 1. The first-order valence-electron chi connectivity index (χ1n) is 9.29. The summed E-state index contributed by atoms with van der Waals surface area (Å²) in [5, 5.41) is 14.0. The maximum Gasteiger partial charge on any atom is 0.231 e. The van der Waals surface area contributed by atoms with Gasteiger partial charge in [-0.25, -0.2) is 9.50 Å². The lowest BCUT2D eigenvalue weighted by Crippen LogP contribution is -2.31. The molecule has 1 aliphatic heterocycles. The van der Waals surface area contributed by atoms with Gasteiger partial charge in [-0.1, -0.05) is 6.42 Å². The number of imidazole rings is 1. The Kier molecular flexibility index (Phi) is 5.02. The van der Waals surface area contributed by atoms with Crippen molar-refractivity contribution in [3.8, 4) is 22.9 Å². The maximum absolute atomic E-state index is 9.46. The minimum absolute atomic E-state index is 0.244. The third-order valence-electron chi connectivity index (χ3n) is 4.82. The van der Waals surface area contributed by atoms with E-state index in [0.717, 1.165) is 29.9 Å². The maximum atomic E-state index is 9.46. The van der Waals surface area contributed by atoms with E-state index in [1.54, 1.807) is 22.8 Å². The first-order valence-corrected chi connectivity index (χ1v) is 9.29. The van der Waals surface area contributed by atoms with E-state index in [1.165, 1.54) is 32.4 Å². The van der Waals surface area contributed by atoms with Crippen molar-refractivity contribution in [3.05, 3.63) is 42.6 Å². The molecule has 0 unspecified atom stereocenters. The SMILES string of the molecule is Oc1ccc(-c2cnc3ccc(OCCCN4CCCCC4)nn23)cc1. The number of likely N-dealkylation sites (tertiary alicyclic amines) is 1. The zero-order valence-electron chi connectivity index (χ0n) is 14.8. The number of aromatic nitrogens is 3. The second kappa shape index (κ2) is 7.74. The quantitative estimate of drug-likeness (QED) is 0.689. The van der Waals surface area contributed by atoms with Crippen LogP contribution in [0.15, 0.2) is 42.6 Å². The molecular weight excluding hydrogens is 328 g/mol. The molecule has 0 saturated carbocycles. The van der Waals surface area contributed by atoms with Crippen molar-refractivity contribution in [2.75, 3.05) is 26.2 Å². The van der Waals surface area contributed by atoms with Gasteiger partial charge in [0.25, 0.3) is 0 Å². The molecule has 0 spiro atoms. The fourth-order valence-electron chi connectivity index (χ4n) is 3.41. The zero-order chi connectivity index (χ0) is 17.8. The van der Waals surface area contributed by atoms with E-state index in [4.69, 9.17) is 4.74 Å². The van der Waals surface area contributed by atoms with Gasteiger partial charge in [-0.05, 0) is 62.7 Å². The third kappa shape index (κ3) is 3.80. The average Bonchev–Trinajstić information content (AvgIpc) is 3.10. The van der Waals surface area contributed by atoms with E-state index in [1.807, 2.05) is 24.3 Å². The lowest BCUT2D eigenvalue weighted by Gasteiger charge is -2.26. The van der Waals surface area contributed by atoms with Crippen LogP contribution in [-0.4, -0.2) is 50.8 Å². The van der Waals surface area contributed by atoms with Crippen LogP contribution in [0.3, 0.4) is 0 Å². The summed E-state index contributed by atoms with van der Waals surface area (Å²) >= 11 is 0. The van der Waals surface area contributed by atoms with Crippen molar-refractivity contribution < 1.29 is 9.84 Å². The Morgan fingerprint density at radius 3 is 2.62 bits per heavy atom. The van der Waals surface area contributed by atoms with Crippen molar-refractivity contribution in [3.63, 3.8) is 0 Å². The molecule has 6 heteroatoms. The van der Waals surface area contributed by atoms with E-state index in [2.05, 4.69) is 15.0 Å². The minimum atomic E-state index is 0.244. The summed E-state index contributed by atoms with van der Waals surface area (Å²) in [6.07, 6.45) is 6.80. The van der Waals surface area contributed by atoms with Crippen LogP contribution in [0.4, 0.5) is 0 Å². The lowest BCUT2D eigenvalue weighted by atomic mass is 10.1. The fraction of sp³-hybridized carbons (Fsp3) is 0.400. The number of benzene rings is 1. The number of rotatable bonds is 6. The van der Waals surface area contributed by atoms with Crippen LogP contribution in [0.5, 0.6) is 11.6 Å². The summed E-state index contributed by atoms with van der Waals surface area (Å²) < 4.78 is 7.64. The van der Waals surface area contributed by atoms with Crippen LogP contribution >= 0.6 is 0 Å². The summed E-state index contributed by atoms with van der Waals surface area (Å²) in [6, 6.07) is 10.8. The highest BCUT2D eigenvalue weighted by Gasteiger charge is 2.10. The van der Waals surface area contributed by atoms with Gasteiger partial charge in [0.1, 0.15) is 5.75 Å². The molecular formula is C20H24N4O2. The number of nitrogens with zero attached hydrogens (tertiary/aromatic N) is 4. The Morgan fingerprint density at radius 1 is 1.00 bits per heavy atom. The Hall–Kier alpha value is -2.60. The molecule has 1 aromatic carbocycles. The number of ether oxygens (including phenoxy) is 1. The van der Waals surface area contributed by atoms with Crippen LogP contribution in [0, 0.1) is 0 Å². The Bertz CT molecular complexity index is 854. The molecule has 1 saturated heterocycles. The van der Waals surface area contributed by atoms with Crippen LogP contribution in [0.25, 0.3) is 16.9 Å². The predicted molar refractivity (Wildman–Crippen MR) is 100 cm³/mol. The molecule has 0 atom stereocenters. The van der Waals surface area contributed by atoms with Crippen molar-refractivity contribution >= 4 is 5.65 Å². The molecule has 0 amide bonds. The monoisotopic (exact) mass is 352 g/mol. The highest BCUT2D eigenvalue weighted by atomic mass is 16.5. The summed E-state index contributed by atoms with van der Waals surface area (Å²) in [5.74, 6) is 0.849. The van der Waals surface area contributed by atoms with Gasteiger partial charge in [0.2, 0.25) is 5.88 Å². The standard InChI is InChI=1S/C20H24N4O2/c25-17-7-5-16(6-8-17)18-15-21-19-9-10-20(22-24(18)19)26-14-4-13-23-11-2-1-3-12-23/h5-10,15,25H,1-4,11-14H2. The molecule has 0 radical (unpaired) electrons. The minimum Gasteiger partial charge on any atom is -0.508 e. The topological polar surface area (TPSA) is 62.9 Å². The predicted octanol–water partition coefficient (Wildman–Crippen LogP) is 3.36. The van der Waals surface area contributed by atoms with Gasteiger partial charge in [-0.3, -0.25) is 0 Å². The second-order valence-electron chi connectivity index (χ2n) is 6.74. The summed E-state index contributed by atoms with van der Waals surface area (Å²) in [6.45, 7) is 4.19. The molecule has 1 aliphatic rings. The van der Waals surface area contributed by atoms with E-state index < -0.39 is 0 Å². The third-order valence-corrected chi connectivity index (χ3v) is 4.82. The van der Waals surface area contributed by atoms with Crippen molar-refractivity contribution in [1.82, 2.24) is 19.5 Å². The molecule has 1 fully saturated rings. The highest BCUT2D eigenvalue weighted by Crippen LogP contribution is 2.23. The van der Waals surface area contributed by atoms with Gasteiger partial charge in [-0.2, -0.15) is 0 Å². The van der Waals surface area contributed by atoms with Gasteiger partial charge < -0.3 is 14.7 Å². The molecule has 136 valence electrons. The number of hydrogen-bond acceptors (Lipinski definition) is 5. The number of piperidine rings is 1. The van der Waals surface area contributed by atoms with Gasteiger partial charge >= 0.3 is 0 Å². The molecule has 0 aliphatic carbocycles. The van der Waals surface area contributed by atoms with Crippen LogP contribution in [0.1, 0.15) is 25.7 Å². The number of hydrogen-bond donors (Lipinski definition) is 1. The molecule has 1 N–H and O–H groups in total. The normalized spacial score (nSPS) is 15.4. The van der Waals surface area contributed by atoms with Crippen molar-refractivity contribution in [2.45, 2.75) is 25.7 Å². The van der Waals surface area contributed by atoms with Gasteiger partial charge in [0.05, 0.1) is 18.5 Å². The largest absolute Gasteiger partial charge is 0.508 e. The van der Waals surface area contributed by atoms with E-state index in [0.29, 0.717) is 12.5 Å². The Balaban J connectivity index is 1.41. The summed E-state index contributed by atoms with van der Waals surface area (Å²) in [5.41, 5.74) is 2.59. The van der Waals surface area contributed by atoms with Crippen molar-refractivity contribution in [1.29, 1.82) is 0 Å². The summed E-state index contributed by atoms with van der Waals surface area (Å²) in [4.78, 5) is 6.91. The van der Waals surface area contributed by atoms with Gasteiger partial charge in [-0.15, -0.1) is 5.10 Å². The molecule has 3 aromatic rings. The van der Waals surface area contributed by atoms with Crippen LogP contribution in [0.2, 0.25) is 0 Å². The molecule has 0 bridgehead atoms. The number of phenols is 1. The van der Waals surface area contributed by atoms with Crippen LogP contribution in [-0.2, 0) is 0 Å². The van der Waals surface area contributed by atoms with E-state index in [-0.39, 0.29) is 5.75 Å². The van der Waals surface area contributed by atoms with Gasteiger partial charge in [0.15, 0.2) is 5.65 Å². The van der Waals surface area contributed by atoms with E-state index in [9.17, 15) is 5.11 Å². The zero-order valence-corrected chi connectivity index (χ0v) is 14.8. The first kappa shape index (κ1) is 16.8. The molecule has 3 heterocycles. The summed E-state index contributed by atoms with van der Waals surface area (Å²) in [7, 11) is 0. The smallest absolute Gasteiger partial charge is 0.231 e. The van der Waals surface area contributed by atoms with Crippen molar-refractivity contribution in [2.24, 2.45) is 0 Å². The number of phenolic OH excluding ortho intramolecular Hbond substituents is 1. The Morgan fingerprint density at radius 2 is 1.81 bits per heavy atom.